The molecule has 3 nitrogen and oxygen atoms in total. The fourth-order valence-corrected chi connectivity index (χ4v) is 8.41. The van der Waals surface area contributed by atoms with Crippen molar-refractivity contribution in [1.82, 2.24) is 14.5 Å². The summed E-state index contributed by atoms with van der Waals surface area (Å²) in [6, 6.07) is 71.6. The number of para-hydroxylation sites is 1. The average Bonchev–Trinajstić information content (AvgIpc) is 3.59. The van der Waals surface area contributed by atoms with Gasteiger partial charge in [-0.2, -0.15) is 0 Å². The van der Waals surface area contributed by atoms with Crippen molar-refractivity contribution in [3.63, 3.8) is 0 Å². The molecule has 0 unspecified atom stereocenters. The van der Waals surface area contributed by atoms with Crippen LogP contribution in [0.25, 0.3) is 105 Å². The molecule has 2 heterocycles. The van der Waals surface area contributed by atoms with E-state index >= 15 is 0 Å². The predicted molar refractivity (Wildman–Crippen MR) is 231 cm³/mol. The van der Waals surface area contributed by atoms with E-state index in [9.17, 15) is 0 Å². The summed E-state index contributed by atoms with van der Waals surface area (Å²) in [7, 11) is 0. The zero-order valence-electron chi connectivity index (χ0n) is 29.9. The van der Waals surface area contributed by atoms with Gasteiger partial charge < -0.3 is 4.57 Å². The van der Waals surface area contributed by atoms with E-state index in [-0.39, 0.29) is 0 Å². The lowest BCUT2D eigenvalue weighted by Crippen LogP contribution is -2.00. The van der Waals surface area contributed by atoms with Crippen LogP contribution < -0.4 is 0 Å². The van der Waals surface area contributed by atoms with E-state index in [2.05, 4.69) is 187 Å². The maximum Gasteiger partial charge on any atom is 0.160 e. The Labute approximate surface area is 318 Å². The zero-order chi connectivity index (χ0) is 36.3. The van der Waals surface area contributed by atoms with Gasteiger partial charge in [0, 0.05) is 38.1 Å². The highest BCUT2D eigenvalue weighted by atomic mass is 15.0. The van der Waals surface area contributed by atoms with Crippen molar-refractivity contribution >= 4 is 54.3 Å². The number of rotatable bonds is 5. The van der Waals surface area contributed by atoms with E-state index in [1.165, 1.54) is 43.8 Å². The minimum atomic E-state index is 0.721. The molecule has 256 valence electrons. The van der Waals surface area contributed by atoms with Crippen LogP contribution in [-0.4, -0.2) is 14.5 Å². The lowest BCUT2D eigenvalue weighted by Gasteiger charge is -2.17. The maximum atomic E-state index is 5.28. The number of fused-ring (bicyclic) bond motifs is 7. The van der Waals surface area contributed by atoms with Gasteiger partial charge in [-0.3, -0.25) is 0 Å². The molecule has 0 atom stereocenters. The summed E-state index contributed by atoms with van der Waals surface area (Å²) in [6.45, 7) is 0. The van der Waals surface area contributed by atoms with Gasteiger partial charge in [0.2, 0.25) is 0 Å². The Morgan fingerprint density at radius 3 is 1.76 bits per heavy atom. The van der Waals surface area contributed by atoms with Gasteiger partial charge in [-0.15, -0.1) is 0 Å². The highest BCUT2D eigenvalue weighted by Gasteiger charge is 2.20. The molecular weight excluding hydrogens is 667 g/mol. The second-order valence-corrected chi connectivity index (χ2v) is 14.2. The molecule has 0 amide bonds. The third-order valence-corrected chi connectivity index (χ3v) is 11.0. The van der Waals surface area contributed by atoms with Crippen molar-refractivity contribution in [3.05, 3.63) is 200 Å². The number of benzene rings is 9. The fraction of sp³-hybridized carbons (Fsp3) is 0. The van der Waals surface area contributed by atoms with E-state index in [0.29, 0.717) is 0 Å². The second kappa shape index (κ2) is 12.6. The van der Waals surface area contributed by atoms with Crippen LogP contribution in [0.15, 0.2) is 200 Å². The Bertz CT molecular complexity index is 3250. The largest absolute Gasteiger partial charge is 0.309 e. The standard InChI is InChI=1S/C52H33N3/c1-3-16-35(17-4-1)50-46-33-49(42-24-9-10-26-44(42)51(46)54-52(53-50)36-18-5-2-6-19-36)55-47-28-12-11-25-43(47)45-32-38(29-30-48(45)55)37-21-13-22-39(31-37)41-27-14-20-34-15-7-8-23-40(34)41/h1-33H. The molecule has 11 aromatic rings. The van der Waals surface area contributed by atoms with Crippen molar-refractivity contribution in [2.24, 2.45) is 0 Å². The van der Waals surface area contributed by atoms with Crippen LogP contribution in [0, 0.1) is 0 Å². The van der Waals surface area contributed by atoms with E-state index < -0.39 is 0 Å². The molecule has 11 rings (SSSR count). The van der Waals surface area contributed by atoms with Crippen LogP contribution in [0.1, 0.15) is 0 Å². The van der Waals surface area contributed by atoms with Crippen LogP contribution in [0.4, 0.5) is 0 Å². The molecule has 0 aliphatic rings. The number of aromatic nitrogens is 3. The Morgan fingerprint density at radius 1 is 0.327 bits per heavy atom. The monoisotopic (exact) mass is 699 g/mol. The Hall–Kier alpha value is -7.36. The molecular formula is C52H33N3. The summed E-state index contributed by atoms with van der Waals surface area (Å²) in [5.74, 6) is 0.721. The van der Waals surface area contributed by atoms with E-state index in [1.54, 1.807) is 0 Å². The van der Waals surface area contributed by atoms with Crippen LogP contribution >= 0.6 is 0 Å². The highest BCUT2D eigenvalue weighted by Crippen LogP contribution is 2.41. The van der Waals surface area contributed by atoms with Crippen molar-refractivity contribution in [2.75, 3.05) is 0 Å². The van der Waals surface area contributed by atoms with Gasteiger partial charge in [-0.05, 0) is 63.4 Å². The van der Waals surface area contributed by atoms with Crippen LogP contribution in [0.2, 0.25) is 0 Å². The topological polar surface area (TPSA) is 30.7 Å². The van der Waals surface area contributed by atoms with Crippen molar-refractivity contribution in [2.45, 2.75) is 0 Å². The van der Waals surface area contributed by atoms with Gasteiger partial charge >= 0.3 is 0 Å². The number of hydrogen-bond donors (Lipinski definition) is 0. The molecule has 0 N–H and O–H groups in total. The fourth-order valence-electron chi connectivity index (χ4n) is 8.41. The molecule has 0 saturated carbocycles. The van der Waals surface area contributed by atoms with E-state index in [0.717, 1.165) is 61.0 Å². The smallest absolute Gasteiger partial charge is 0.160 e. The molecule has 3 heteroatoms. The molecule has 0 spiro atoms. The third-order valence-electron chi connectivity index (χ3n) is 11.0. The number of hydrogen-bond acceptors (Lipinski definition) is 2. The van der Waals surface area contributed by atoms with E-state index in [4.69, 9.17) is 9.97 Å². The lowest BCUT2D eigenvalue weighted by molar-refractivity contribution is 1.19. The highest BCUT2D eigenvalue weighted by molar-refractivity contribution is 6.16. The average molecular weight is 700 g/mol. The first-order valence-corrected chi connectivity index (χ1v) is 18.7. The first-order valence-electron chi connectivity index (χ1n) is 18.7. The predicted octanol–water partition coefficient (Wildman–Crippen LogP) is 13.7. The molecule has 0 aliphatic heterocycles. The molecule has 0 bridgehead atoms. The van der Waals surface area contributed by atoms with Gasteiger partial charge in [-0.25, -0.2) is 9.97 Å². The van der Waals surface area contributed by atoms with Crippen molar-refractivity contribution in [3.8, 4) is 50.6 Å². The summed E-state index contributed by atoms with van der Waals surface area (Å²) in [4.78, 5) is 10.5. The van der Waals surface area contributed by atoms with Gasteiger partial charge in [0.15, 0.2) is 5.82 Å². The van der Waals surface area contributed by atoms with Gasteiger partial charge in [-0.1, -0.05) is 170 Å². The van der Waals surface area contributed by atoms with Gasteiger partial charge in [0.1, 0.15) is 0 Å². The Kier molecular flexibility index (Phi) is 7.17. The first kappa shape index (κ1) is 31.2. The maximum absolute atomic E-state index is 5.28. The summed E-state index contributed by atoms with van der Waals surface area (Å²) >= 11 is 0. The summed E-state index contributed by atoms with van der Waals surface area (Å²) in [5, 5.41) is 8.20. The first-order chi connectivity index (χ1) is 27.3. The molecule has 0 aliphatic carbocycles. The SMILES string of the molecule is c1ccc(-c2nc(-c3ccccc3)c3cc(-n4c5ccccc5c5cc(-c6cccc(-c7cccc8ccccc78)c6)ccc54)c4ccccc4c3n2)cc1. The van der Waals surface area contributed by atoms with Crippen LogP contribution in [0.5, 0.6) is 0 Å². The number of nitrogens with zero attached hydrogens (tertiary/aromatic N) is 3. The normalized spacial score (nSPS) is 11.6. The molecule has 9 aromatic carbocycles. The molecule has 55 heavy (non-hydrogen) atoms. The summed E-state index contributed by atoms with van der Waals surface area (Å²) in [6.07, 6.45) is 0. The van der Waals surface area contributed by atoms with Gasteiger partial charge in [0.25, 0.3) is 0 Å². The molecule has 0 saturated heterocycles. The minimum absolute atomic E-state index is 0.721. The van der Waals surface area contributed by atoms with Crippen LogP contribution in [0.3, 0.4) is 0 Å². The van der Waals surface area contributed by atoms with Gasteiger partial charge in [0.05, 0.1) is 27.9 Å². The summed E-state index contributed by atoms with van der Waals surface area (Å²) < 4.78 is 2.43. The third kappa shape index (κ3) is 5.13. The molecule has 0 radical (unpaired) electrons. The minimum Gasteiger partial charge on any atom is -0.309 e. The molecule has 2 aromatic heterocycles. The van der Waals surface area contributed by atoms with E-state index in [1.807, 2.05) is 18.2 Å². The second-order valence-electron chi connectivity index (χ2n) is 14.2. The molecule has 0 fully saturated rings. The lowest BCUT2D eigenvalue weighted by atomic mass is 9.95. The summed E-state index contributed by atoms with van der Waals surface area (Å²) in [5.41, 5.74) is 12.2. The van der Waals surface area contributed by atoms with Crippen molar-refractivity contribution in [1.29, 1.82) is 0 Å². The van der Waals surface area contributed by atoms with Crippen LogP contribution in [-0.2, 0) is 0 Å². The van der Waals surface area contributed by atoms with Crippen molar-refractivity contribution < 1.29 is 0 Å². The Morgan fingerprint density at radius 2 is 0.927 bits per heavy atom. The zero-order valence-corrected chi connectivity index (χ0v) is 29.9. The quantitative estimate of drug-likeness (QED) is 0.167. The Balaban J connectivity index is 1.15.